The van der Waals surface area contributed by atoms with Crippen LogP contribution in [0.5, 0.6) is 0 Å². The van der Waals surface area contributed by atoms with E-state index in [4.69, 9.17) is 0 Å². The molecule has 1 aromatic carbocycles. The van der Waals surface area contributed by atoms with Gasteiger partial charge in [-0.1, -0.05) is 18.2 Å². The number of para-hydroxylation sites is 1. The lowest BCUT2D eigenvalue weighted by Crippen LogP contribution is -2.51. The Morgan fingerprint density at radius 1 is 1.23 bits per heavy atom. The first kappa shape index (κ1) is 24.3. The topological polar surface area (TPSA) is 77.0 Å². The number of sulfonamides is 1. The van der Waals surface area contributed by atoms with Crippen LogP contribution in [-0.2, 0) is 10.0 Å². The van der Waals surface area contributed by atoms with Crippen molar-refractivity contribution in [2.45, 2.75) is 37.7 Å². The Morgan fingerprint density at radius 3 is 2.43 bits per heavy atom. The molecule has 30 heavy (non-hydrogen) atoms. The van der Waals surface area contributed by atoms with Gasteiger partial charge in [0, 0.05) is 51.5 Å². The van der Waals surface area contributed by atoms with Gasteiger partial charge in [0.05, 0.1) is 0 Å². The van der Waals surface area contributed by atoms with Crippen molar-refractivity contribution in [1.29, 1.82) is 0 Å². The van der Waals surface area contributed by atoms with E-state index in [2.05, 4.69) is 20.5 Å². The van der Waals surface area contributed by atoms with Crippen molar-refractivity contribution >= 4 is 21.7 Å². The predicted octanol–water partition coefficient (Wildman–Crippen LogP) is 2.38. The third-order valence-corrected chi connectivity index (χ3v) is 6.52. The molecule has 0 aliphatic carbocycles. The molecule has 0 atom stereocenters. The Kier molecular flexibility index (Phi) is 8.78. The van der Waals surface area contributed by atoms with Crippen molar-refractivity contribution in [2.75, 3.05) is 44.7 Å². The molecule has 7 nitrogen and oxygen atoms in total. The number of nitrogens with zero attached hydrogens (tertiary/aromatic N) is 3. The van der Waals surface area contributed by atoms with Crippen molar-refractivity contribution in [1.82, 2.24) is 14.9 Å². The molecule has 0 saturated carbocycles. The van der Waals surface area contributed by atoms with Crippen LogP contribution in [0.1, 0.15) is 26.2 Å². The van der Waals surface area contributed by atoms with E-state index >= 15 is 0 Å². The Labute approximate surface area is 176 Å². The van der Waals surface area contributed by atoms with Crippen LogP contribution in [-0.4, -0.2) is 70.0 Å². The molecule has 1 aromatic rings. The fraction of sp³-hybridized carbons (Fsp3) is 0.632. The zero-order valence-corrected chi connectivity index (χ0v) is 18.1. The lowest BCUT2D eigenvalue weighted by Gasteiger charge is -2.32. The molecule has 0 unspecified atom stereocenters. The third-order valence-electron chi connectivity index (χ3n) is 4.89. The maximum absolute atomic E-state index is 12.7. The van der Waals surface area contributed by atoms with Crippen LogP contribution in [0.4, 0.5) is 18.9 Å². The molecule has 0 spiro atoms. The van der Waals surface area contributed by atoms with Crippen LogP contribution in [0.15, 0.2) is 35.3 Å². The number of halogens is 3. The molecule has 1 fully saturated rings. The number of benzene rings is 1. The highest BCUT2D eigenvalue weighted by atomic mass is 32.2. The van der Waals surface area contributed by atoms with Crippen LogP contribution in [0, 0.1) is 0 Å². The van der Waals surface area contributed by atoms with E-state index in [0.29, 0.717) is 23.4 Å². The Morgan fingerprint density at radius 2 is 1.87 bits per heavy atom. The molecular formula is C19H30F3N5O2S. The minimum Gasteiger partial charge on any atom is -0.375 e. The highest BCUT2D eigenvalue weighted by molar-refractivity contribution is 7.90. The van der Waals surface area contributed by atoms with Crippen molar-refractivity contribution in [3.63, 3.8) is 0 Å². The van der Waals surface area contributed by atoms with E-state index < -0.39 is 15.5 Å². The summed E-state index contributed by atoms with van der Waals surface area (Å²) in [7, 11) is -3.24. The average Bonchev–Trinajstić information content (AvgIpc) is 2.71. The number of hydrogen-bond acceptors (Lipinski definition) is 4. The van der Waals surface area contributed by atoms with Gasteiger partial charge in [-0.3, -0.25) is 4.99 Å². The lowest BCUT2D eigenvalue weighted by molar-refractivity contribution is -0.0494. The van der Waals surface area contributed by atoms with Gasteiger partial charge in [0.15, 0.2) is 5.96 Å². The summed E-state index contributed by atoms with van der Waals surface area (Å²) in [4.78, 5) is 6.68. The Hall–Kier alpha value is -2.01. The van der Waals surface area contributed by atoms with Gasteiger partial charge >= 0.3 is 15.5 Å². The summed E-state index contributed by atoms with van der Waals surface area (Å²) < 4.78 is 61.6. The Balaban J connectivity index is 1.81. The summed E-state index contributed by atoms with van der Waals surface area (Å²) in [5.74, 6) is 0.594. The first-order chi connectivity index (χ1) is 14.1. The molecule has 1 saturated heterocycles. The van der Waals surface area contributed by atoms with Crippen LogP contribution >= 0.6 is 0 Å². The molecule has 0 radical (unpaired) electrons. The molecular weight excluding hydrogens is 419 g/mol. The van der Waals surface area contributed by atoms with Crippen LogP contribution in [0.2, 0.25) is 0 Å². The number of rotatable bonds is 8. The van der Waals surface area contributed by atoms with Gasteiger partial charge in [0.25, 0.3) is 0 Å². The number of nitrogens with one attached hydrogen (secondary N) is 2. The second kappa shape index (κ2) is 10.9. The normalized spacial score (nSPS) is 17.0. The zero-order valence-electron chi connectivity index (χ0n) is 17.3. The summed E-state index contributed by atoms with van der Waals surface area (Å²) in [6.45, 7) is 3.67. The smallest absolute Gasteiger partial charge is 0.375 e. The van der Waals surface area contributed by atoms with Gasteiger partial charge in [-0.15, -0.1) is 0 Å². The zero-order chi connectivity index (χ0) is 22.2. The molecule has 11 heteroatoms. The molecule has 0 amide bonds. The first-order valence-electron chi connectivity index (χ1n) is 10.0. The maximum atomic E-state index is 12.7. The van der Waals surface area contributed by atoms with E-state index in [1.807, 2.05) is 44.3 Å². The SMILES string of the molecule is CCNC(=NCCCN(C)c1ccccc1)NC1CCN(S(=O)(=O)C(F)(F)F)CC1. The predicted molar refractivity (Wildman–Crippen MR) is 113 cm³/mol. The molecule has 0 bridgehead atoms. The van der Waals surface area contributed by atoms with Gasteiger partial charge in [-0.25, -0.2) is 8.42 Å². The first-order valence-corrected chi connectivity index (χ1v) is 11.5. The quantitative estimate of drug-likeness (QED) is 0.362. The van der Waals surface area contributed by atoms with E-state index in [0.717, 1.165) is 18.7 Å². The van der Waals surface area contributed by atoms with E-state index in [-0.39, 0.29) is 32.0 Å². The van der Waals surface area contributed by atoms with Gasteiger partial charge in [-0.2, -0.15) is 17.5 Å². The summed E-state index contributed by atoms with van der Waals surface area (Å²) in [5, 5.41) is 6.34. The molecule has 2 N–H and O–H groups in total. The standard InChI is InChI=1S/C19H30F3N5O2S/c1-3-23-18(24-12-7-13-26(2)17-8-5-4-6-9-17)25-16-10-14-27(15-11-16)30(28,29)19(20,21)22/h4-6,8-9,16H,3,7,10-15H2,1-2H3,(H2,23,24,25). The summed E-state index contributed by atoms with van der Waals surface area (Å²) in [5.41, 5.74) is -4.12. The van der Waals surface area contributed by atoms with Gasteiger partial charge < -0.3 is 15.5 Å². The lowest BCUT2D eigenvalue weighted by atomic mass is 10.1. The van der Waals surface area contributed by atoms with Gasteiger partial charge in [-0.05, 0) is 38.3 Å². The molecule has 1 aliphatic rings. The van der Waals surface area contributed by atoms with Crippen LogP contribution in [0.3, 0.4) is 0 Å². The van der Waals surface area contributed by atoms with Crippen molar-refractivity contribution in [2.24, 2.45) is 4.99 Å². The summed E-state index contributed by atoms with van der Waals surface area (Å²) in [6.07, 6.45) is 1.41. The number of piperidine rings is 1. The molecule has 1 aliphatic heterocycles. The van der Waals surface area contributed by atoms with E-state index in [1.165, 1.54) is 0 Å². The van der Waals surface area contributed by atoms with Crippen molar-refractivity contribution in [3.05, 3.63) is 30.3 Å². The van der Waals surface area contributed by atoms with E-state index in [1.54, 1.807) is 0 Å². The third kappa shape index (κ3) is 6.76. The number of anilines is 1. The van der Waals surface area contributed by atoms with Crippen molar-refractivity contribution < 1.29 is 21.6 Å². The van der Waals surface area contributed by atoms with Crippen LogP contribution < -0.4 is 15.5 Å². The Bertz CT molecular complexity index is 779. The molecule has 1 heterocycles. The van der Waals surface area contributed by atoms with E-state index in [9.17, 15) is 21.6 Å². The maximum Gasteiger partial charge on any atom is 0.511 e. The highest BCUT2D eigenvalue weighted by Crippen LogP contribution is 2.28. The van der Waals surface area contributed by atoms with Crippen LogP contribution in [0.25, 0.3) is 0 Å². The fourth-order valence-electron chi connectivity index (χ4n) is 3.21. The second-order valence-corrected chi connectivity index (χ2v) is 9.07. The number of alkyl halides is 3. The van der Waals surface area contributed by atoms with Crippen molar-refractivity contribution in [3.8, 4) is 0 Å². The monoisotopic (exact) mass is 449 g/mol. The molecule has 0 aromatic heterocycles. The summed E-state index contributed by atoms with van der Waals surface area (Å²) in [6, 6.07) is 9.90. The number of hydrogen-bond donors (Lipinski definition) is 2. The summed E-state index contributed by atoms with van der Waals surface area (Å²) >= 11 is 0. The highest BCUT2D eigenvalue weighted by Gasteiger charge is 2.50. The number of guanidine groups is 1. The fourth-order valence-corrected chi connectivity index (χ4v) is 4.19. The number of aliphatic imine (C=N–C) groups is 1. The van der Waals surface area contributed by atoms with Gasteiger partial charge in [0.2, 0.25) is 0 Å². The molecule has 2 rings (SSSR count). The average molecular weight is 450 g/mol. The minimum absolute atomic E-state index is 0.130. The largest absolute Gasteiger partial charge is 0.511 e. The molecule has 170 valence electrons. The van der Waals surface area contributed by atoms with Gasteiger partial charge in [0.1, 0.15) is 0 Å². The minimum atomic E-state index is -5.26. The second-order valence-electron chi connectivity index (χ2n) is 7.14.